The molecule has 0 saturated carbocycles. The summed E-state index contributed by atoms with van der Waals surface area (Å²) >= 11 is 9.13. The lowest BCUT2D eigenvalue weighted by atomic mass is 9.92. The molecule has 0 amide bonds. The molecule has 4 unspecified atom stereocenters. The highest BCUT2D eigenvalue weighted by Crippen LogP contribution is 2.27. The lowest BCUT2D eigenvalue weighted by Crippen LogP contribution is -2.12. The number of oxazole rings is 1. The molecule has 26 heavy (non-hydrogen) atoms. The van der Waals surface area contributed by atoms with Gasteiger partial charge in [-0.15, -0.1) is 0 Å². The minimum Gasteiger partial charge on any atom is -0.466 e. The van der Waals surface area contributed by atoms with Gasteiger partial charge in [0.25, 0.3) is 0 Å². The van der Waals surface area contributed by atoms with E-state index in [4.69, 9.17) is 9.15 Å². The second-order valence-corrected chi connectivity index (χ2v) is 7.17. The highest BCUT2D eigenvalue weighted by atomic mass is 79.9. The molecular weight excluding hydrogens is 587 g/mol. The van der Waals surface area contributed by atoms with Gasteiger partial charge in [0, 0.05) is 18.5 Å². The van der Waals surface area contributed by atoms with Gasteiger partial charge in [-0.3, -0.25) is 4.79 Å². The van der Waals surface area contributed by atoms with E-state index in [1.54, 1.807) is 6.26 Å². The van der Waals surface area contributed by atoms with Crippen LogP contribution in [0.5, 0.6) is 0 Å². The summed E-state index contributed by atoms with van der Waals surface area (Å²) in [4.78, 5) is 16.3. The fourth-order valence-electron chi connectivity index (χ4n) is 2.26. The van der Waals surface area contributed by atoms with Crippen LogP contribution in [0.4, 0.5) is 0 Å². The normalized spacial score (nSPS) is 11.2. The molecule has 1 aromatic heterocycles. The number of nitrogens with zero attached hydrogens (tertiary/aromatic N) is 1. The summed E-state index contributed by atoms with van der Waals surface area (Å²) in [6.45, 7) is 2.21. The fourth-order valence-corrected chi connectivity index (χ4v) is 3.42. The smallest absolute Gasteiger partial charge is 0.306 e. The van der Waals surface area contributed by atoms with Gasteiger partial charge in [0.2, 0.25) is 0 Å². The van der Waals surface area contributed by atoms with Crippen molar-refractivity contribution in [2.45, 2.75) is 31.8 Å². The Morgan fingerprint density at radius 3 is 2.50 bits per heavy atom. The summed E-state index contributed by atoms with van der Waals surface area (Å²) in [5.74, 6) is 0.488. The van der Waals surface area contributed by atoms with Crippen LogP contribution in [0.3, 0.4) is 0 Å². The van der Waals surface area contributed by atoms with Crippen LogP contribution in [0.1, 0.15) is 36.4 Å². The molecule has 4 nitrogen and oxygen atoms in total. The number of carbonyl (C=O) groups excluding carboxylic acids is 1. The SMILES string of the molecule is CCOC(=O)CC(Cc1nc(CPBr)co1)c1ccccc1.PBr.PBr. The standard InChI is InChI=1S/C16H19BrNO3P.2BrH2P/c1-2-20-16(19)9-13(12-6-4-3-5-7-12)8-15-18-14(10-21-15)11-22-17;2*1-2/h3-7,10,13,22H,2,8-9,11H2,1H3;2*2H2. The first-order valence-corrected chi connectivity index (χ1v) is 17.5. The highest BCUT2D eigenvalue weighted by molar-refractivity contribution is 9.36. The Balaban J connectivity index is 0.00000146. The van der Waals surface area contributed by atoms with E-state index in [9.17, 15) is 4.79 Å². The molecule has 10 heteroatoms. The van der Waals surface area contributed by atoms with Gasteiger partial charge < -0.3 is 9.15 Å². The second kappa shape index (κ2) is 17.7. The number of ether oxygens (including phenoxy) is 1. The van der Waals surface area contributed by atoms with Crippen LogP contribution in [0.2, 0.25) is 0 Å². The molecule has 0 N–H and O–H groups in total. The van der Waals surface area contributed by atoms with E-state index in [-0.39, 0.29) is 11.9 Å². The summed E-state index contributed by atoms with van der Waals surface area (Å²) < 4.78 is 10.6. The van der Waals surface area contributed by atoms with Crippen LogP contribution in [0.15, 0.2) is 41.0 Å². The zero-order valence-electron chi connectivity index (χ0n) is 14.3. The maximum atomic E-state index is 11.8. The number of hydrogen-bond acceptors (Lipinski definition) is 4. The number of carbonyl (C=O) groups is 1. The van der Waals surface area contributed by atoms with Crippen molar-refractivity contribution in [2.24, 2.45) is 0 Å². The summed E-state index contributed by atoms with van der Waals surface area (Å²) in [5, 5.41) is 0. The van der Waals surface area contributed by atoms with Crippen molar-refractivity contribution in [3.8, 4) is 0 Å². The molecule has 0 aliphatic heterocycles. The Labute approximate surface area is 185 Å². The molecular formula is C16H23Br3NO3P3. The minimum absolute atomic E-state index is 0.0122. The van der Waals surface area contributed by atoms with Crippen molar-refractivity contribution in [1.82, 2.24) is 4.98 Å². The Kier molecular flexibility index (Phi) is 18.1. The molecule has 1 heterocycles. The van der Waals surface area contributed by atoms with Crippen molar-refractivity contribution < 1.29 is 13.9 Å². The Bertz CT molecular complexity index is 603. The van der Waals surface area contributed by atoms with E-state index in [0.717, 1.165) is 17.4 Å². The van der Waals surface area contributed by atoms with Crippen LogP contribution >= 0.6 is 69.6 Å². The number of halogens is 3. The lowest BCUT2D eigenvalue weighted by molar-refractivity contribution is -0.143. The van der Waals surface area contributed by atoms with E-state index in [1.165, 1.54) is 0 Å². The first kappa shape index (κ1) is 26.6. The third-order valence-corrected chi connectivity index (χ3v) is 4.59. The molecule has 0 aliphatic rings. The zero-order valence-corrected chi connectivity index (χ0v) is 22.4. The van der Waals surface area contributed by atoms with E-state index < -0.39 is 0 Å². The van der Waals surface area contributed by atoms with Gasteiger partial charge in [0.05, 0.1) is 18.7 Å². The number of hydrogen-bond donors (Lipinski definition) is 0. The number of benzene rings is 1. The van der Waals surface area contributed by atoms with Crippen molar-refractivity contribution >= 4 is 75.6 Å². The predicted molar refractivity (Wildman–Crippen MR) is 129 cm³/mol. The zero-order chi connectivity index (χ0) is 19.8. The van der Waals surface area contributed by atoms with Crippen molar-refractivity contribution in [3.05, 3.63) is 53.7 Å². The Hall–Kier alpha value is 0.630. The van der Waals surface area contributed by atoms with Gasteiger partial charge in [-0.2, -0.15) is 0 Å². The molecule has 0 spiro atoms. The largest absolute Gasteiger partial charge is 0.466 e. The molecule has 0 fully saturated rings. The Morgan fingerprint density at radius 1 is 1.27 bits per heavy atom. The monoisotopic (exact) mass is 607 g/mol. The number of aromatic nitrogens is 1. The predicted octanol–water partition coefficient (Wildman–Crippen LogP) is 6.79. The Morgan fingerprint density at radius 2 is 1.92 bits per heavy atom. The van der Waals surface area contributed by atoms with Gasteiger partial charge in [-0.1, -0.05) is 92.7 Å². The van der Waals surface area contributed by atoms with Crippen molar-refractivity contribution in [3.63, 3.8) is 0 Å². The van der Waals surface area contributed by atoms with E-state index >= 15 is 0 Å². The topological polar surface area (TPSA) is 52.3 Å². The van der Waals surface area contributed by atoms with Gasteiger partial charge in [-0.25, -0.2) is 4.98 Å². The van der Waals surface area contributed by atoms with Crippen molar-refractivity contribution in [1.29, 1.82) is 0 Å². The third-order valence-electron chi connectivity index (χ3n) is 3.26. The average Bonchev–Trinajstić information content (AvgIpc) is 3.13. The van der Waals surface area contributed by atoms with Gasteiger partial charge in [0.15, 0.2) is 5.89 Å². The van der Waals surface area contributed by atoms with Gasteiger partial charge >= 0.3 is 5.97 Å². The highest BCUT2D eigenvalue weighted by Gasteiger charge is 2.20. The molecule has 0 saturated heterocycles. The summed E-state index contributed by atoms with van der Waals surface area (Å²) in [6.07, 6.45) is 3.47. The maximum Gasteiger partial charge on any atom is 0.306 e. The second-order valence-electron chi connectivity index (χ2n) is 4.86. The molecule has 4 atom stereocenters. The molecule has 146 valence electrons. The summed E-state index contributed by atoms with van der Waals surface area (Å²) in [6, 6.07) is 9.95. The first-order chi connectivity index (χ1) is 12.7. The average molecular weight is 610 g/mol. The minimum atomic E-state index is -0.190. The molecule has 0 bridgehead atoms. The van der Waals surface area contributed by atoms with Crippen molar-refractivity contribution in [2.75, 3.05) is 6.61 Å². The van der Waals surface area contributed by atoms with Crippen LogP contribution in [0, 0.1) is 0 Å². The molecule has 1 aromatic carbocycles. The van der Waals surface area contributed by atoms with Crippen LogP contribution < -0.4 is 0 Å². The molecule has 2 rings (SSSR count). The van der Waals surface area contributed by atoms with Gasteiger partial charge in [-0.05, 0) is 19.8 Å². The number of esters is 1. The maximum absolute atomic E-state index is 11.8. The van der Waals surface area contributed by atoms with Crippen LogP contribution in [0.25, 0.3) is 0 Å². The van der Waals surface area contributed by atoms with Gasteiger partial charge in [0.1, 0.15) is 6.26 Å². The van der Waals surface area contributed by atoms with Crippen LogP contribution in [-0.2, 0) is 22.1 Å². The third kappa shape index (κ3) is 10.8. The molecule has 0 radical (unpaired) electrons. The molecule has 2 aromatic rings. The summed E-state index contributed by atoms with van der Waals surface area (Å²) in [5.41, 5.74) is 2.03. The van der Waals surface area contributed by atoms with Crippen LogP contribution in [-0.4, -0.2) is 17.6 Å². The first-order valence-electron chi connectivity index (χ1n) is 7.64. The van der Waals surface area contributed by atoms with E-state index in [0.29, 0.717) is 32.6 Å². The van der Waals surface area contributed by atoms with E-state index in [1.807, 2.05) is 37.3 Å². The molecule has 0 aliphatic carbocycles. The quantitative estimate of drug-likeness (QED) is 0.244. The summed E-state index contributed by atoms with van der Waals surface area (Å²) in [7, 11) is 5.09. The van der Waals surface area contributed by atoms with E-state index in [2.05, 4.69) is 67.3 Å². The lowest BCUT2D eigenvalue weighted by Gasteiger charge is -2.14. The fraction of sp³-hybridized carbons (Fsp3) is 0.375. The number of rotatable bonds is 8.